The monoisotopic (exact) mass is 231 g/mol. The normalized spacial score (nSPS) is 9.88. The number of nitrogens with zero attached hydrogens (tertiary/aromatic N) is 3. The molecule has 17 heavy (non-hydrogen) atoms. The highest BCUT2D eigenvalue weighted by atomic mass is 16.5. The molecule has 0 amide bonds. The molecule has 1 N–H and O–H groups in total. The first-order valence-corrected chi connectivity index (χ1v) is 4.85. The molecule has 2 aromatic rings. The molecule has 0 atom stereocenters. The third kappa shape index (κ3) is 2.97. The quantitative estimate of drug-likeness (QED) is 0.849. The molecule has 0 bridgehead atoms. The summed E-state index contributed by atoms with van der Waals surface area (Å²) in [5.74, 6) is -1.26. The zero-order chi connectivity index (χ0) is 12.1. The van der Waals surface area contributed by atoms with Crippen LogP contribution in [0.25, 0.3) is 0 Å². The Labute approximate surface area is 96.9 Å². The average molecular weight is 231 g/mol. The highest BCUT2D eigenvalue weighted by Crippen LogP contribution is 2.07. The lowest BCUT2D eigenvalue weighted by Crippen LogP contribution is -2.06. The molecule has 0 aliphatic heterocycles. The zero-order valence-corrected chi connectivity index (χ0v) is 8.78. The van der Waals surface area contributed by atoms with E-state index in [0.717, 1.165) is 5.69 Å². The van der Waals surface area contributed by atoms with E-state index in [1.807, 2.05) is 6.07 Å². The van der Waals surface area contributed by atoms with Gasteiger partial charge in [-0.05, 0) is 12.1 Å². The van der Waals surface area contributed by atoms with E-state index >= 15 is 0 Å². The summed E-state index contributed by atoms with van der Waals surface area (Å²) in [4.78, 5) is 22.0. The number of carboxylic acids is 1. The summed E-state index contributed by atoms with van der Waals surface area (Å²) in [6, 6.07) is 6.94. The molecule has 0 fully saturated rings. The Kier molecular flexibility index (Phi) is 3.25. The molecule has 6 nitrogen and oxygen atoms in total. The van der Waals surface area contributed by atoms with E-state index in [0.29, 0.717) is 0 Å². The third-order valence-electron chi connectivity index (χ3n) is 1.92. The van der Waals surface area contributed by atoms with Gasteiger partial charge in [0.25, 0.3) is 0 Å². The maximum Gasteiger partial charge on any atom is 0.374 e. The van der Waals surface area contributed by atoms with Crippen molar-refractivity contribution < 1.29 is 14.6 Å². The van der Waals surface area contributed by atoms with Gasteiger partial charge in [-0.3, -0.25) is 4.98 Å². The van der Waals surface area contributed by atoms with Crippen molar-refractivity contribution in [1.29, 1.82) is 0 Å². The second-order valence-electron chi connectivity index (χ2n) is 3.13. The Hall–Kier alpha value is -2.50. The highest BCUT2D eigenvalue weighted by molar-refractivity contribution is 5.83. The standard InChI is InChI=1S/C11H9N3O3/c15-11(16)10-13-6-4-9(14-10)17-7-8-3-1-2-5-12-8/h1-6H,7H2,(H,15,16). The number of carbonyl (C=O) groups is 1. The average Bonchev–Trinajstić information content (AvgIpc) is 2.38. The van der Waals surface area contributed by atoms with E-state index in [1.165, 1.54) is 12.3 Å². The van der Waals surface area contributed by atoms with Gasteiger partial charge in [-0.2, -0.15) is 4.98 Å². The van der Waals surface area contributed by atoms with Crippen molar-refractivity contribution in [3.63, 3.8) is 0 Å². The lowest BCUT2D eigenvalue weighted by atomic mass is 10.4. The summed E-state index contributed by atoms with van der Waals surface area (Å²) < 4.78 is 5.31. The van der Waals surface area contributed by atoms with Crippen molar-refractivity contribution in [1.82, 2.24) is 15.0 Å². The van der Waals surface area contributed by atoms with E-state index in [9.17, 15) is 4.79 Å². The van der Waals surface area contributed by atoms with E-state index in [1.54, 1.807) is 18.3 Å². The van der Waals surface area contributed by atoms with Crippen LogP contribution in [-0.2, 0) is 6.61 Å². The molecule has 2 heterocycles. The van der Waals surface area contributed by atoms with Crippen molar-refractivity contribution in [3.05, 3.63) is 48.2 Å². The van der Waals surface area contributed by atoms with Gasteiger partial charge in [-0.1, -0.05) is 6.07 Å². The lowest BCUT2D eigenvalue weighted by molar-refractivity contribution is 0.0681. The van der Waals surface area contributed by atoms with E-state index in [2.05, 4.69) is 15.0 Å². The fourth-order valence-electron chi connectivity index (χ4n) is 1.16. The molecule has 0 aromatic carbocycles. The maximum absolute atomic E-state index is 10.6. The molecule has 0 radical (unpaired) electrons. The van der Waals surface area contributed by atoms with Gasteiger partial charge in [0.2, 0.25) is 11.7 Å². The molecule has 0 spiro atoms. The molecule has 86 valence electrons. The van der Waals surface area contributed by atoms with Gasteiger partial charge in [0.15, 0.2) is 0 Å². The molecule has 0 aliphatic carbocycles. The van der Waals surface area contributed by atoms with E-state index in [4.69, 9.17) is 9.84 Å². The number of hydrogen-bond acceptors (Lipinski definition) is 5. The smallest absolute Gasteiger partial charge is 0.374 e. The van der Waals surface area contributed by atoms with Crippen LogP contribution in [0.3, 0.4) is 0 Å². The molecule has 0 saturated carbocycles. The first kappa shape index (κ1) is 11.0. The Bertz CT molecular complexity index is 516. The predicted molar refractivity (Wildman–Crippen MR) is 57.6 cm³/mol. The largest absolute Gasteiger partial charge is 0.475 e. The predicted octanol–water partition coefficient (Wildman–Crippen LogP) is 1.15. The van der Waals surface area contributed by atoms with Crippen molar-refractivity contribution in [2.24, 2.45) is 0 Å². The fraction of sp³-hybridized carbons (Fsp3) is 0.0909. The zero-order valence-electron chi connectivity index (χ0n) is 8.78. The number of aromatic carboxylic acids is 1. The summed E-state index contributed by atoms with van der Waals surface area (Å²) in [7, 11) is 0. The van der Waals surface area contributed by atoms with E-state index < -0.39 is 5.97 Å². The Morgan fingerprint density at radius 3 is 2.82 bits per heavy atom. The van der Waals surface area contributed by atoms with Crippen LogP contribution in [-0.4, -0.2) is 26.0 Å². The molecule has 0 unspecified atom stereocenters. The second kappa shape index (κ2) is 5.02. The molecule has 0 saturated heterocycles. The number of hydrogen-bond donors (Lipinski definition) is 1. The van der Waals surface area contributed by atoms with Gasteiger partial charge in [-0.25, -0.2) is 9.78 Å². The van der Waals surface area contributed by atoms with Crippen molar-refractivity contribution in [2.75, 3.05) is 0 Å². The number of pyridine rings is 1. The fourth-order valence-corrected chi connectivity index (χ4v) is 1.16. The van der Waals surface area contributed by atoms with Crippen molar-refractivity contribution >= 4 is 5.97 Å². The maximum atomic E-state index is 10.6. The molecule has 2 rings (SSSR count). The number of aromatic nitrogens is 3. The number of ether oxygens (including phenoxy) is 1. The first-order valence-electron chi connectivity index (χ1n) is 4.85. The Morgan fingerprint density at radius 2 is 2.12 bits per heavy atom. The van der Waals surface area contributed by atoms with Crippen LogP contribution in [0.15, 0.2) is 36.7 Å². The van der Waals surface area contributed by atoms with Crippen LogP contribution in [0.4, 0.5) is 0 Å². The summed E-state index contributed by atoms with van der Waals surface area (Å²) in [5, 5.41) is 8.70. The summed E-state index contributed by atoms with van der Waals surface area (Å²) in [5.41, 5.74) is 0.739. The van der Waals surface area contributed by atoms with Crippen LogP contribution in [0.5, 0.6) is 5.88 Å². The summed E-state index contributed by atoms with van der Waals surface area (Å²) in [6.07, 6.45) is 2.99. The van der Waals surface area contributed by atoms with Crippen molar-refractivity contribution in [2.45, 2.75) is 6.61 Å². The minimum Gasteiger partial charge on any atom is -0.475 e. The van der Waals surface area contributed by atoms with E-state index in [-0.39, 0.29) is 18.3 Å². The second-order valence-corrected chi connectivity index (χ2v) is 3.13. The van der Waals surface area contributed by atoms with Crippen molar-refractivity contribution in [3.8, 4) is 5.88 Å². The minimum atomic E-state index is -1.19. The first-order chi connectivity index (χ1) is 8.25. The molecule has 0 aliphatic rings. The third-order valence-corrected chi connectivity index (χ3v) is 1.92. The molecule has 6 heteroatoms. The summed E-state index contributed by atoms with van der Waals surface area (Å²) in [6.45, 7) is 0.233. The van der Waals surface area contributed by atoms with Crippen LogP contribution in [0, 0.1) is 0 Å². The minimum absolute atomic E-state index is 0.211. The van der Waals surface area contributed by atoms with Crippen LogP contribution < -0.4 is 4.74 Å². The topological polar surface area (TPSA) is 85.2 Å². The van der Waals surface area contributed by atoms with Gasteiger partial charge in [-0.15, -0.1) is 0 Å². The summed E-state index contributed by atoms with van der Waals surface area (Å²) >= 11 is 0. The van der Waals surface area contributed by atoms with Gasteiger partial charge in [0.1, 0.15) is 6.61 Å². The van der Waals surface area contributed by atoms with Gasteiger partial charge >= 0.3 is 5.97 Å². The Balaban J connectivity index is 2.04. The SMILES string of the molecule is O=C(O)c1nccc(OCc2ccccn2)n1. The number of carboxylic acid groups (broad SMARTS) is 1. The highest BCUT2D eigenvalue weighted by Gasteiger charge is 2.07. The van der Waals surface area contributed by atoms with Gasteiger partial charge in [0, 0.05) is 18.5 Å². The Morgan fingerprint density at radius 1 is 1.24 bits per heavy atom. The lowest BCUT2D eigenvalue weighted by Gasteiger charge is -2.04. The molecular weight excluding hydrogens is 222 g/mol. The molecular formula is C11H9N3O3. The van der Waals surface area contributed by atoms with Crippen LogP contribution >= 0.6 is 0 Å². The number of rotatable bonds is 4. The van der Waals surface area contributed by atoms with Crippen LogP contribution in [0.2, 0.25) is 0 Å². The molecule has 2 aromatic heterocycles. The van der Waals surface area contributed by atoms with Gasteiger partial charge < -0.3 is 9.84 Å². The van der Waals surface area contributed by atoms with Gasteiger partial charge in [0.05, 0.1) is 5.69 Å². The van der Waals surface area contributed by atoms with Crippen LogP contribution in [0.1, 0.15) is 16.3 Å².